The van der Waals surface area contributed by atoms with E-state index in [4.69, 9.17) is 9.97 Å². The number of carbonyl (C=O) groups is 1. The third-order valence-corrected chi connectivity index (χ3v) is 6.30. The summed E-state index contributed by atoms with van der Waals surface area (Å²) in [7, 11) is 0. The molecule has 3 heterocycles. The summed E-state index contributed by atoms with van der Waals surface area (Å²) in [5, 5.41) is 5.61. The highest BCUT2D eigenvalue weighted by atomic mass is 16.2. The number of nitrogens with zero attached hydrogens (tertiary/aromatic N) is 6. The van der Waals surface area contributed by atoms with E-state index in [1.54, 1.807) is 0 Å². The first-order chi connectivity index (χ1) is 14.7. The number of piperazine rings is 1. The Hall–Kier alpha value is -2.96. The molecule has 1 saturated heterocycles. The summed E-state index contributed by atoms with van der Waals surface area (Å²) in [5.74, 6) is 2.68. The van der Waals surface area contributed by atoms with Crippen LogP contribution in [0.25, 0.3) is 16.7 Å². The van der Waals surface area contributed by atoms with Gasteiger partial charge >= 0.3 is 0 Å². The minimum atomic E-state index is 0.269. The van der Waals surface area contributed by atoms with E-state index in [0.717, 1.165) is 73.8 Å². The normalized spacial score (nSPS) is 18.1. The Morgan fingerprint density at radius 2 is 1.83 bits per heavy atom. The van der Waals surface area contributed by atoms with Crippen molar-refractivity contribution in [1.82, 2.24) is 24.6 Å². The van der Waals surface area contributed by atoms with Gasteiger partial charge < -0.3 is 9.80 Å². The molecule has 2 aromatic heterocycles. The number of aromatic nitrogens is 4. The predicted octanol–water partition coefficient (Wildman–Crippen LogP) is 3.39. The molecule has 156 valence electrons. The molecule has 5 rings (SSSR count). The number of carbonyl (C=O) groups excluding carboxylic acids is 1. The molecule has 1 aromatic carbocycles. The fourth-order valence-electron chi connectivity index (χ4n) is 4.04. The molecular formula is C23H28N6O. The average molecular weight is 405 g/mol. The Labute approximate surface area is 176 Å². The summed E-state index contributed by atoms with van der Waals surface area (Å²) >= 11 is 0. The molecule has 0 unspecified atom stereocenters. The predicted molar refractivity (Wildman–Crippen MR) is 117 cm³/mol. The molecule has 0 spiro atoms. The summed E-state index contributed by atoms with van der Waals surface area (Å²) in [6.07, 6.45) is 4.97. The van der Waals surface area contributed by atoms with Gasteiger partial charge in [0.15, 0.2) is 5.65 Å². The number of hydrogen-bond donors (Lipinski definition) is 0. The summed E-state index contributed by atoms with van der Waals surface area (Å²) in [6, 6.07) is 10.1. The molecule has 7 heteroatoms. The first-order valence-corrected chi connectivity index (χ1v) is 11.0. The van der Waals surface area contributed by atoms with Gasteiger partial charge in [-0.05, 0) is 31.4 Å². The van der Waals surface area contributed by atoms with E-state index in [0.29, 0.717) is 5.91 Å². The summed E-state index contributed by atoms with van der Waals surface area (Å²) in [6.45, 7) is 7.43. The molecule has 3 aromatic rings. The van der Waals surface area contributed by atoms with Gasteiger partial charge in [-0.1, -0.05) is 32.0 Å². The van der Waals surface area contributed by atoms with Crippen LogP contribution in [0.15, 0.2) is 36.5 Å². The van der Waals surface area contributed by atoms with Crippen molar-refractivity contribution in [3.05, 3.63) is 42.4 Å². The molecule has 1 amide bonds. The van der Waals surface area contributed by atoms with Crippen molar-refractivity contribution in [1.29, 1.82) is 0 Å². The van der Waals surface area contributed by atoms with Gasteiger partial charge in [-0.2, -0.15) is 5.10 Å². The minimum absolute atomic E-state index is 0.269. The van der Waals surface area contributed by atoms with Crippen LogP contribution in [0.4, 0.5) is 5.82 Å². The van der Waals surface area contributed by atoms with Crippen LogP contribution in [-0.2, 0) is 4.79 Å². The second-order valence-corrected chi connectivity index (χ2v) is 8.43. The van der Waals surface area contributed by atoms with Gasteiger partial charge in [0.05, 0.1) is 17.3 Å². The van der Waals surface area contributed by atoms with Gasteiger partial charge in [0, 0.05) is 38.0 Å². The molecule has 1 aliphatic carbocycles. The van der Waals surface area contributed by atoms with Crippen LogP contribution in [0.3, 0.4) is 0 Å². The molecule has 1 atom stereocenters. The maximum atomic E-state index is 12.4. The third kappa shape index (κ3) is 3.42. The van der Waals surface area contributed by atoms with Crippen LogP contribution in [0.1, 0.15) is 44.9 Å². The minimum Gasteiger partial charge on any atom is -0.352 e. The Bertz CT molecular complexity index is 1050. The van der Waals surface area contributed by atoms with E-state index in [1.807, 2.05) is 46.1 Å². The van der Waals surface area contributed by atoms with Crippen molar-refractivity contribution in [3.63, 3.8) is 0 Å². The Morgan fingerprint density at radius 1 is 1.10 bits per heavy atom. The maximum absolute atomic E-state index is 12.4. The third-order valence-electron chi connectivity index (χ3n) is 6.30. The van der Waals surface area contributed by atoms with Gasteiger partial charge in [-0.3, -0.25) is 4.79 Å². The lowest BCUT2D eigenvalue weighted by Gasteiger charge is -2.36. The van der Waals surface area contributed by atoms with Crippen LogP contribution >= 0.6 is 0 Å². The standard InChI is InChI=1S/C23H28N6O/c1-3-16(2)20-25-21(27-11-13-28(14-12-27)23(30)17-9-10-17)19-15-24-29(22(19)26-20)18-7-5-4-6-8-18/h4-8,15-17H,3,9-14H2,1-2H3/t16-/m0/s1. The van der Waals surface area contributed by atoms with Crippen LogP contribution in [0.2, 0.25) is 0 Å². The molecular weight excluding hydrogens is 376 g/mol. The lowest BCUT2D eigenvalue weighted by molar-refractivity contribution is -0.132. The van der Waals surface area contributed by atoms with E-state index in [9.17, 15) is 4.79 Å². The maximum Gasteiger partial charge on any atom is 0.225 e. The second-order valence-electron chi connectivity index (χ2n) is 8.43. The largest absolute Gasteiger partial charge is 0.352 e. The molecule has 0 N–H and O–H groups in total. The van der Waals surface area contributed by atoms with Gasteiger partial charge in [0.1, 0.15) is 11.6 Å². The van der Waals surface area contributed by atoms with Gasteiger partial charge in [-0.15, -0.1) is 0 Å². The molecule has 7 nitrogen and oxygen atoms in total. The van der Waals surface area contributed by atoms with E-state index in [2.05, 4.69) is 23.8 Å². The van der Waals surface area contributed by atoms with Crippen LogP contribution < -0.4 is 4.90 Å². The van der Waals surface area contributed by atoms with Gasteiger partial charge in [-0.25, -0.2) is 14.6 Å². The highest BCUT2D eigenvalue weighted by molar-refractivity contribution is 5.88. The fraction of sp³-hybridized carbons (Fsp3) is 0.478. The van der Waals surface area contributed by atoms with E-state index in [1.165, 1.54) is 0 Å². The monoisotopic (exact) mass is 404 g/mol. The molecule has 0 bridgehead atoms. The Morgan fingerprint density at radius 3 is 2.50 bits per heavy atom. The Kier molecular flexibility index (Phi) is 4.89. The SMILES string of the molecule is CC[C@H](C)c1nc(N2CCN(C(=O)C3CC3)CC2)c2cnn(-c3ccccc3)c2n1. The summed E-state index contributed by atoms with van der Waals surface area (Å²) in [4.78, 5) is 26.6. The molecule has 1 saturated carbocycles. The van der Waals surface area contributed by atoms with Crippen molar-refractivity contribution in [2.75, 3.05) is 31.1 Å². The van der Waals surface area contributed by atoms with Gasteiger partial charge in [0.2, 0.25) is 5.91 Å². The number of para-hydroxylation sites is 1. The number of anilines is 1. The lowest BCUT2D eigenvalue weighted by atomic mass is 10.1. The first kappa shape index (κ1) is 19.0. The molecule has 2 fully saturated rings. The summed E-state index contributed by atoms with van der Waals surface area (Å²) < 4.78 is 1.90. The number of amides is 1. The van der Waals surface area contributed by atoms with E-state index in [-0.39, 0.29) is 11.8 Å². The highest BCUT2D eigenvalue weighted by Crippen LogP contribution is 2.32. The quantitative estimate of drug-likeness (QED) is 0.652. The number of hydrogen-bond acceptors (Lipinski definition) is 5. The molecule has 2 aliphatic rings. The molecule has 1 aliphatic heterocycles. The number of fused-ring (bicyclic) bond motifs is 1. The lowest BCUT2D eigenvalue weighted by Crippen LogP contribution is -2.49. The van der Waals surface area contributed by atoms with Crippen molar-refractivity contribution in [2.24, 2.45) is 5.92 Å². The summed E-state index contributed by atoms with van der Waals surface area (Å²) in [5.41, 5.74) is 1.84. The van der Waals surface area contributed by atoms with Crippen molar-refractivity contribution < 1.29 is 4.79 Å². The smallest absolute Gasteiger partial charge is 0.225 e. The zero-order valence-corrected chi connectivity index (χ0v) is 17.7. The zero-order chi connectivity index (χ0) is 20.7. The van der Waals surface area contributed by atoms with E-state index >= 15 is 0 Å². The van der Waals surface area contributed by atoms with Crippen LogP contribution in [0.5, 0.6) is 0 Å². The fourth-order valence-corrected chi connectivity index (χ4v) is 4.04. The van der Waals surface area contributed by atoms with E-state index < -0.39 is 0 Å². The number of rotatable bonds is 5. The van der Waals surface area contributed by atoms with Gasteiger partial charge in [0.25, 0.3) is 0 Å². The van der Waals surface area contributed by atoms with Crippen LogP contribution in [0, 0.1) is 5.92 Å². The van der Waals surface area contributed by atoms with Crippen molar-refractivity contribution in [3.8, 4) is 5.69 Å². The Balaban J connectivity index is 1.51. The average Bonchev–Trinajstić information content (AvgIpc) is 3.57. The number of benzene rings is 1. The molecule has 0 radical (unpaired) electrons. The van der Waals surface area contributed by atoms with Crippen LogP contribution in [-0.4, -0.2) is 56.7 Å². The zero-order valence-electron chi connectivity index (χ0n) is 17.7. The first-order valence-electron chi connectivity index (χ1n) is 11.0. The van der Waals surface area contributed by atoms with Crippen molar-refractivity contribution in [2.45, 2.75) is 39.0 Å². The highest BCUT2D eigenvalue weighted by Gasteiger charge is 2.35. The topological polar surface area (TPSA) is 67.2 Å². The molecule has 30 heavy (non-hydrogen) atoms. The second kappa shape index (κ2) is 7.70. The van der Waals surface area contributed by atoms with Crippen molar-refractivity contribution >= 4 is 22.8 Å².